The number of ether oxygens (including phenoxy) is 2. The van der Waals surface area contributed by atoms with E-state index in [0.29, 0.717) is 11.5 Å². The predicted molar refractivity (Wildman–Crippen MR) is 108 cm³/mol. The van der Waals surface area contributed by atoms with Crippen molar-refractivity contribution in [1.29, 1.82) is 0 Å². The van der Waals surface area contributed by atoms with E-state index >= 15 is 0 Å². The molecule has 0 amide bonds. The predicted octanol–water partition coefficient (Wildman–Crippen LogP) is 4.51. The standard InChI is InChI=1S/C19H17Cl2NO4S/c1-25-16-8-9-17(19(21)18(16)20)27(23,24)22-10-11-26-15-7-6-13-4-2-3-5-14(13)12-15/h2-9,12,22H,10-11H2,1H3. The maximum absolute atomic E-state index is 12.4. The largest absolute Gasteiger partial charge is 0.495 e. The molecule has 0 aromatic heterocycles. The molecule has 3 aromatic rings. The Labute approximate surface area is 167 Å². The number of fused-ring (bicyclic) bond motifs is 1. The van der Waals surface area contributed by atoms with Crippen LogP contribution in [0.15, 0.2) is 59.5 Å². The number of benzene rings is 3. The van der Waals surface area contributed by atoms with E-state index in [9.17, 15) is 8.42 Å². The highest BCUT2D eigenvalue weighted by Gasteiger charge is 2.21. The third-order valence-corrected chi connectivity index (χ3v) is 6.38. The van der Waals surface area contributed by atoms with Crippen molar-refractivity contribution in [3.05, 3.63) is 64.6 Å². The van der Waals surface area contributed by atoms with Crippen LogP contribution in [0.25, 0.3) is 10.8 Å². The molecular weight excluding hydrogens is 409 g/mol. The SMILES string of the molecule is COc1ccc(S(=O)(=O)NCCOc2ccc3ccccc3c2)c(Cl)c1Cl. The summed E-state index contributed by atoms with van der Waals surface area (Å²) in [7, 11) is -2.40. The number of hydrogen-bond acceptors (Lipinski definition) is 4. The quantitative estimate of drug-likeness (QED) is 0.565. The van der Waals surface area contributed by atoms with Crippen molar-refractivity contribution in [2.75, 3.05) is 20.3 Å². The molecule has 0 aliphatic rings. The molecule has 0 atom stereocenters. The Morgan fingerprint density at radius 3 is 2.44 bits per heavy atom. The van der Waals surface area contributed by atoms with E-state index in [1.54, 1.807) is 0 Å². The van der Waals surface area contributed by atoms with Crippen LogP contribution >= 0.6 is 23.2 Å². The maximum Gasteiger partial charge on any atom is 0.242 e. The summed E-state index contributed by atoms with van der Waals surface area (Å²) < 4.78 is 38.0. The van der Waals surface area contributed by atoms with Gasteiger partial charge in [-0.3, -0.25) is 0 Å². The molecule has 3 rings (SSSR count). The summed E-state index contributed by atoms with van der Waals surface area (Å²) in [6.07, 6.45) is 0. The second-order valence-electron chi connectivity index (χ2n) is 5.65. The van der Waals surface area contributed by atoms with Gasteiger partial charge in [-0.05, 0) is 35.0 Å². The van der Waals surface area contributed by atoms with E-state index in [0.717, 1.165) is 10.8 Å². The number of methoxy groups -OCH3 is 1. The lowest BCUT2D eigenvalue weighted by Crippen LogP contribution is -2.28. The van der Waals surface area contributed by atoms with Crippen LogP contribution in [0, 0.1) is 0 Å². The van der Waals surface area contributed by atoms with Crippen LogP contribution in [-0.4, -0.2) is 28.7 Å². The lowest BCUT2D eigenvalue weighted by Gasteiger charge is -2.12. The smallest absolute Gasteiger partial charge is 0.242 e. The number of hydrogen-bond donors (Lipinski definition) is 1. The Kier molecular flexibility index (Phi) is 6.11. The van der Waals surface area contributed by atoms with Crippen molar-refractivity contribution in [1.82, 2.24) is 4.72 Å². The van der Waals surface area contributed by atoms with Crippen LogP contribution in [0.4, 0.5) is 0 Å². The van der Waals surface area contributed by atoms with Gasteiger partial charge < -0.3 is 9.47 Å². The number of nitrogens with one attached hydrogen (secondary N) is 1. The van der Waals surface area contributed by atoms with Gasteiger partial charge in [-0.25, -0.2) is 13.1 Å². The zero-order chi connectivity index (χ0) is 19.4. The fraction of sp³-hybridized carbons (Fsp3) is 0.158. The molecule has 142 valence electrons. The minimum Gasteiger partial charge on any atom is -0.495 e. The Morgan fingerprint density at radius 2 is 1.70 bits per heavy atom. The van der Waals surface area contributed by atoms with Gasteiger partial charge in [-0.2, -0.15) is 0 Å². The third-order valence-electron chi connectivity index (χ3n) is 3.90. The van der Waals surface area contributed by atoms with Crippen LogP contribution in [0.5, 0.6) is 11.5 Å². The Bertz CT molecular complexity index is 1070. The molecule has 0 saturated carbocycles. The van der Waals surface area contributed by atoms with E-state index in [1.165, 1.54) is 19.2 Å². The summed E-state index contributed by atoms with van der Waals surface area (Å²) in [5, 5.41) is 2.13. The zero-order valence-corrected chi connectivity index (χ0v) is 16.7. The minimum absolute atomic E-state index is 0.0504. The van der Waals surface area contributed by atoms with Crippen molar-refractivity contribution in [2.24, 2.45) is 0 Å². The highest BCUT2D eigenvalue weighted by Crippen LogP contribution is 2.36. The Morgan fingerprint density at radius 1 is 0.963 bits per heavy atom. The van der Waals surface area contributed by atoms with Gasteiger partial charge in [0.2, 0.25) is 10.0 Å². The van der Waals surface area contributed by atoms with E-state index in [4.69, 9.17) is 32.7 Å². The van der Waals surface area contributed by atoms with Gasteiger partial charge in [0.15, 0.2) is 0 Å². The molecule has 0 bridgehead atoms. The second-order valence-corrected chi connectivity index (χ2v) is 8.14. The molecule has 0 saturated heterocycles. The lowest BCUT2D eigenvalue weighted by atomic mass is 10.1. The van der Waals surface area contributed by atoms with Crippen LogP contribution in [-0.2, 0) is 10.0 Å². The molecule has 0 heterocycles. The van der Waals surface area contributed by atoms with Gasteiger partial charge in [-0.15, -0.1) is 0 Å². The number of rotatable bonds is 7. The summed E-state index contributed by atoms with van der Waals surface area (Å²) >= 11 is 12.1. The van der Waals surface area contributed by atoms with Gasteiger partial charge in [-0.1, -0.05) is 53.5 Å². The lowest BCUT2D eigenvalue weighted by molar-refractivity contribution is 0.323. The topological polar surface area (TPSA) is 64.6 Å². The normalized spacial score (nSPS) is 11.5. The number of halogens is 2. The van der Waals surface area contributed by atoms with Crippen LogP contribution in [0.2, 0.25) is 10.0 Å². The fourth-order valence-corrected chi connectivity index (χ4v) is 4.41. The summed E-state index contributed by atoms with van der Waals surface area (Å²) in [6.45, 7) is 0.244. The molecule has 27 heavy (non-hydrogen) atoms. The zero-order valence-electron chi connectivity index (χ0n) is 14.4. The maximum atomic E-state index is 12.4. The molecule has 3 aromatic carbocycles. The molecule has 0 unspecified atom stereocenters. The van der Waals surface area contributed by atoms with Crippen molar-refractivity contribution >= 4 is 44.0 Å². The van der Waals surface area contributed by atoms with Crippen LogP contribution < -0.4 is 14.2 Å². The average Bonchev–Trinajstić information content (AvgIpc) is 2.67. The van der Waals surface area contributed by atoms with Gasteiger partial charge in [0.1, 0.15) is 28.0 Å². The summed E-state index contributed by atoms with van der Waals surface area (Å²) in [5.41, 5.74) is 0. The highest BCUT2D eigenvalue weighted by atomic mass is 35.5. The second kappa shape index (κ2) is 8.35. The molecule has 0 aliphatic heterocycles. The minimum atomic E-state index is -3.83. The van der Waals surface area contributed by atoms with E-state index < -0.39 is 10.0 Å². The molecule has 5 nitrogen and oxygen atoms in total. The summed E-state index contributed by atoms with van der Waals surface area (Å²) in [4.78, 5) is -0.110. The molecule has 0 spiro atoms. The van der Waals surface area contributed by atoms with Crippen molar-refractivity contribution < 1.29 is 17.9 Å². The molecule has 0 aliphatic carbocycles. The van der Waals surface area contributed by atoms with Gasteiger partial charge in [0.25, 0.3) is 0 Å². The molecule has 8 heteroatoms. The van der Waals surface area contributed by atoms with Gasteiger partial charge in [0, 0.05) is 6.54 Å². The molecule has 0 radical (unpaired) electrons. The van der Waals surface area contributed by atoms with Crippen molar-refractivity contribution in [2.45, 2.75) is 4.90 Å². The monoisotopic (exact) mass is 425 g/mol. The van der Waals surface area contributed by atoms with Gasteiger partial charge in [0.05, 0.1) is 12.1 Å². The average molecular weight is 426 g/mol. The van der Waals surface area contributed by atoms with Crippen molar-refractivity contribution in [3.63, 3.8) is 0 Å². The summed E-state index contributed by atoms with van der Waals surface area (Å²) in [5.74, 6) is 0.971. The van der Waals surface area contributed by atoms with Crippen LogP contribution in [0.3, 0.4) is 0 Å². The van der Waals surface area contributed by atoms with E-state index in [1.807, 2.05) is 42.5 Å². The highest BCUT2D eigenvalue weighted by molar-refractivity contribution is 7.89. The third kappa shape index (κ3) is 4.47. The first-order chi connectivity index (χ1) is 12.9. The molecular formula is C19H17Cl2NO4S. The van der Waals surface area contributed by atoms with Crippen LogP contribution in [0.1, 0.15) is 0 Å². The first-order valence-corrected chi connectivity index (χ1v) is 10.3. The molecule has 0 fully saturated rings. The number of sulfonamides is 1. The first-order valence-electron chi connectivity index (χ1n) is 8.05. The molecule has 1 N–H and O–H groups in total. The van der Waals surface area contributed by atoms with Crippen molar-refractivity contribution in [3.8, 4) is 11.5 Å². The first kappa shape index (κ1) is 19.8. The van der Waals surface area contributed by atoms with E-state index in [-0.39, 0.29) is 28.1 Å². The Hall–Kier alpha value is -1.99. The van der Waals surface area contributed by atoms with E-state index in [2.05, 4.69) is 4.72 Å². The summed E-state index contributed by atoms with van der Waals surface area (Å²) in [6, 6.07) is 16.4. The fourth-order valence-electron chi connectivity index (χ4n) is 2.56. The van der Waals surface area contributed by atoms with Gasteiger partial charge >= 0.3 is 0 Å². The Balaban J connectivity index is 1.63.